The van der Waals surface area contributed by atoms with Crippen LogP contribution < -0.4 is 10.6 Å². The molecule has 0 amide bonds. The molecule has 2 aromatic heterocycles. The molecule has 0 spiro atoms. The maximum atomic E-state index is 13.9. The van der Waals surface area contributed by atoms with Crippen molar-refractivity contribution in [2.24, 2.45) is 0 Å². The summed E-state index contributed by atoms with van der Waals surface area (Å²) in [6.45, 7) is 0.256. The number of thiophene rings is 1. The molecule has 0 unspecified atom stereocenters. The predicted octanol–water partition coefficient (Wildman–Crippen LogP) is 4.78. The van der Waals surface area contributed by atoms with Gasteiger partial charge in [-0.15, -0.1) is 16.4 Å². The number of halogens is 1. The van der Waals surface area contributed by atoms with Gasteiger partial charge in [-0.05, 0) is 49.5 Å². The van der Waals surface area contributed by atoms with E-state index in [9.17, 15) is 9.18 Å². The summed E-state index contributed by atoms with van der Waals surface area (Å²) in [5.41, 5.74) is 2.15. The fourth-order valence-electron chi connectivity index (χ4n) is 3.79. The number of thiocarbonyl (C=S) groups is 1. The normalized spacial score (nSPS) is 13.6. The van der Waals surface area contributed by atoms with E-state index in [2.05, 4.69) is 20.7 Å². The van der Waals surface area contributed by atoms with Gasteiger partial charge in [0.05, 0.1) is 19.2 Å². The first kappa shape index (κ1) is 22.3. The number of aromatic nitrogens is 3. The van der Waals surface area contributed by atoms with E-state index in [4.69, 9.17) is 17.0 Å². The van der Waals surface area contributed by atoms with Gasteiger partial charge in [0.1, 0.15) is 17.1 Å². The predicted molar refractivity (Wildman–Crippen MR) is 127 cm³/mol. The van der Waals surface area contributed by atoms with Gasteiger partial charge >= 0.3 is 5.97 Å². The van der Waals surface area contributed by atoms with Crippen LogP contribution in [0.4, 0.5) is 15.3 Å². The topological polar surface area (TPSA) is 81.1 Å². The summed E-state index contributed by atoms with van der Waals surface area (Å²) >= 11 is 6.99. The largest absolute Gasteiger partial charge is 0.465 e. The second kappa shape index (κ2) is 10.2. The number of hydrogen-bond donors (Lipinski definition) is 2. The zero-order valence-electron chi connectivity index (χ0n) is 17.7. The maximum absolute atomic E-state index is 13.9. The van der Waals surface area contributed by atoms with Crippen molar-refractivity contribution in [3.8, 4) is 0 Å². The highest BCUT2D eigenvalue weighted by atomic mass is 32.1. The fraction of sp³-hybridized carbons (Fsp3) is 0.364. The molecule has 3 aromatic rings. The highest BCUT2D eigenvalue weighted by molar-refractivity contribution is 7.80. The molecule has 0 bridgehead atoms. The van der Waals surface area contributed by atoms with Crippen LogP contribution in [0, 0.1) is 5.82 Å². The number of anilines is 2. The molecule has 1 aliphatic rings. The summed E-state index contributed by atoms with van der Waals surface area (Å²) in [6, 6.07) is 6.53. The van der Waals surface area contributed by atoms with E-state index >= 15 is 0 Å². The lowest BCUT2D eigenvalue weighted by molar-refractivity contribution is 0.0601. The third kappa shape index (κ3) is 5.13. The average Bonchev–Trinajstić information content (AvgIpc) is 3.33. The zero-order chi connectivity index (χ0) is 22.5. The first-order valence-corrected chi connectivity index (χ1v) is 11.7. The molecule has 168 valence electrons. The molecular formula is C22H24FN5O2S2. The monoisotopic (exact) mass is 473 g/mol. The van der Waals surface area contributed by atoms with Crippen LogP contribution in [0.5, 0.6) is 0 Å². The Morgan fingerprint density at radius 2 is 2.00 bits per heavy atom. The first-order chi connectivity index (χ1) is 15.5. The van der Waals surface area contributed by atoms with Crippen molar-refractivity contribution in [3.63, 3.8) is 0 Å². The highest BCUT2D eigenvalue weighted by Crippen LogP contribution is 2.37. The Hall–Kier alpha value is -2.85. The van der Waals surface area contributed by atoms with Gasteiger partial charge in [-0.1, -0.05) is 31.0 Å². The average molecular weight is 474 g/mol. The summed E-state index contributed by atoms with van der Waals surface area (Å²) in [7, 11) is 1.39. The first-order valence-electron chi connectivity index (χ1n) is 10.5. The summed E-state index contributed by atoms with van der Waals surface area (Å²) in [5.74, 6) is -0.368. The molecule has 2 N–H and O–H groups in total. The zero-order valence-corrected chi connectivity index (χ0v) is 19.3. The van der Waals surface area contributed by atoms with E-state index in [0.29, 0.717) is 16.1 Å². The number of ether oxygens (including phenoxy) is 1. The summed E-state index contributed by atoms with van der Waals surface area (Å²) in [5, 5.41) is 11.3. The molecule has 1 aromatic carbocycles. The minimum absolute atomic E-state index is 0.256. The van der Waals surface area contributed by atoms with Crippen molar-refractivity contribution in [2.75, 3.05) is 17.7 Å². The lowest BCUT2D eigenvalue weighted by Gasteiger charge is -2.11. The van der Waals surface area contributed by atoms with Crippen molar-refractivity contribution in [2.45, 2.75) is 45.1 Å². The van der Waals surface area contributed by atoms with Crippen LogP contribution in [0.15, 0.2) is 30.6 Å². The van der Waals surface area contributed by atoms with E-state index in [1.165, 1.54) is 41.9 Å². The minimum atomic E-state index is -0.360. The molecule has 0 radical (unpaired) electrons. The molecule has 1 aliphatic carbocycles. The van der Waals surface area contributed by atoms with Crippen LogP contribution in [-0.2, 0) is 24.1 Å². The van der Waals surface area contributed by atoms with Crippen LogP contribution in [0.3, 0.4) is 0 Å². The Morgan fingerprint density at radius 1 is 1.22 bits per heavy atom. The molecule has 7 nitrogen and oxygen atoms in total. The number of esters is 1. The molecule has 0 aliphatic heterocycles. The smallest absolute Gasteiger partial charge is 0.341 e. The number of carbonyl (C=O) groups is 1. The number of methoxy groups -OCH3 is 1. The van der Waals surface area contributed by atoms with Crippen molar-refractivity contribution in [1.29, 1.82) is 0 Å². The SMILES string of the molecule is COC(=O)c1c(NC(=S)Nc2ncn(Cc3ccccc3F)n2)sc2c1CCCCCC2. The van der Waals surface area contributed by atoms with Crippen molar-refractivity contribution < 1.29 is 13.9 Å². The Labute approximate surface area is 195 Å². The Balaban J connectivity index is 1.47. The van der Waals surface area contributed by atoms with Crippen LogP contribution in [0.25, 0.3) is 0 Å². The number of benzene rings is 1. The maximum Gasteiger partial charge on any atom is 0.341 e. The number of nitrogens with one attached hydrogen (secondary N) is 2. The third-order valence-corrected chi connectivity index (χ3v) is 6.75. The van der Waals surface area contributed by atoms with Gasteiger partial charge in [0.15, 0.2) is 5.11 Å². The van der Waals surface area contributed by atoms with Gasteiger partial charge in [0, 0.05) is 10.4 Å². The molecule has 2 heterocycles. The number of hydrogen-bond acceptors (Lipinski definition) is 6. The Morgan fingerprint density at radius 3 is 2.78 bits per heavy atom. The molecule has 4 rings (SSSR count). The molecule has 10 heteroatoms. The molecule has 0 fully saturated rings. The Bertz CT molecular complexity index is 1130. The lowest BCUT2D eigenvalue weighted by Crippen LogP contribution is -2.21. The lowest BCUT2D eigenvalue weighted by atomic mass is 9.96. The Kier molecular flexibility index (Phi) is 7.11. The second-order valence-corrected chi connectivity index (χ2v) is 9.06. The van der Waals surface area contributed by atoms with Crippen molar-refractivity contribution in [3.05, 3.63) is 58.0 Å². The second-order valence-electron chi connectivity index (χ2n) is 7.55. The van der Waals surface area contributed by atoms with Crippen LogP contribution >= 0.6 is 23.6 Å². The van der Waals surface area contributed by atoms with Gasteiger partial charge in [-0.25, -0.2) is 18.9 Å². The summed E-state index contributed by atoms with van der Waals surface area (Å²) in [6.07, 6.45) is 7.86. The van der Waals surface area contributed by atoms with E-state index in [1.54, 1.807) is 29.5 Å². The fourth-order valence-corrected chi connectivity index (χ4v) is 5.33. The van der Waals surface area contributed by atoms with Gasteiger partial charge in [0.2, 0.25) is 5.95 Å². The highest BCUT2D eigenvalue weighted by Gasteiger charge is 2.25. The van der Waals surface area contributed by atoms with Crippen LogP contribution in [0.2, 0.25) is 0 Å². The third-order valence-electron chi connectivity index (χ3n) is 5.34. The van der Waals surface area contributed by atoms with Crippen molar-refractivity contribution >= 4 is 45.6 Å². The van der Waals surface area contributed by atoms with E-state index in [0.717, 1.165) is 31.2 Å². The molecule has 0 saturated heterocycles. The van der Waals surface area contributed by atoms with Gasteiger partial charge in [-0.3, -0.25) is 5.32 Å². The van der Waals surface area contributed by atoms with E-state index in [-0.39, 0.29) is 29.4 Å². The van der Waals surface area contributed by atoms with E-state index < -0.39 is 0 Å². The minimum Gasteiger partial charge on any atom is -0.465 e. The summed E-state index contributed by atoms with van der Waals surface area (Å²) < 4.78 is 20.4. The van der Waals surface area contributed by atoms with Gasteiger partial charge in [0.25, 0.3) is 0 Å². The number of carbonyl (C=O) groups excluding carboxylic acids is 1. The quantitative estimate of drug-likeness (QED) is 0.408. The number of aryl methyl sites for hydroxylation is 1. The van der Waals surface area contributed by atoms with Crippen LogP contribution in [0.1, 0.15) is 52.0 Å². The van der Waals surface area contributed by atoms with E-state index in [1.807, 2.05) is 0 Å². The number of rotatable bonds is 5. The number of fused-ring (bicyclic) bond motifs is 1. The van der Waals surface area contributed by atoms with Gasteiger partial charge < -0.3 is 10.1 Å². The standard InChI is InChI=1S/C22H24FN5O2S2/c1-30-20(29)18-15-9-4-2-3-5-11-17(15)32-19(18)25-22(31)26-21-24-13-28(27-21)12-14-8-6-7-10-16(14)23/h6-8,10,13H,2-5,9,11-12H2,1H3,(H2,25,26,27,31). The van der Waals surface area contributed by atoms with Crippen molar-refractivity contribution in [1.82, 2.24) is 14.8 Å². The molecule has 0 atom stereocenters. The van der Waals surface area contributed by atoms with Gasteiger partial charge in [-0.2, -0.15) is 0 Å². The van der Waals surface area contributed by atoms with Crippen LogP contribution in [-0.4, -0.2) is 33.0 Å². The summed E-state index contributed by atoms with van der Waals surface area (Å²) in [4.78, 5) is 17.9. The molecular weight excluding hydrogens is 449 g/mol. The molecule has 0 saturated carbocycles. The molecule has 32 heavy (non-hydrogen) atoms. The number of nitrogens with zero attached hydrogens (tertiary/aromatic N) is 3.